The Morgan fingerprint density at radius 3 is 1.59 bits per heavy atom. The van der Waals surface area contributed by atoms with Crippen LogP contribution in [0.5, 0.6) is 0 Å². The molecule has 0 saturated heterocycles. The van der Waals surface area contributed by atoms with Gasteiger partial charge in [0.2, 0.25) is 0 Å². The maximum atomic E-state index is 7.47. The first-order chi connectivity index (χ1) is 39.3. The molecule has 4 heteroatoms. The number of furan rings is 2. The molecule has 80 heavy (non-hydrogen) atoms. The van der Waals surface area contributed by atoms with E-state index in [1.165, 1.54) is 162 Å². The summed E-state index contributed by atoms with van der Waals surface area (Å²) in [4.78, 5) is 5.09. The summed E-state index contributed by atoms with van der Waals surface area (Å²) in [5.74, 6) is 3.72. The number of para-hydroxylation sites is 2. The van der Waals surface area contributed by atoms with Crippen molar-refractivity contribution >= 4 is 120 Å². The van der Waals surface area contributed by atoms with Crippen LogP contribution in [0.15, 0.2) is 201 Å². The van der Waals surface area contributed by atoms with E-state index in [1.54, 1.807) is 0 Å². The maximum Gasteiger partial charge on any atom is 0.159 e. The van der Waals surface area contributed by atoms with Crippen LogP contribution in [0, 0.1) is 12.3 Å². The van der Waals surface area contributed by atoms with Gasteiger partial charge in [0.05, 0.1) is 23.1 Å². The SMILES string of the molecule is C#C/C=C(C)\C=C(\C)CN(c1ccc2ccc3c(N(c4cccc5c4oc4c(C6CCCCC6)cc6ccccc6c45)C4C=C(C)C=C4C)ccc4ccc1c2c43)c1cccc2c1oc1c(C3CCCCC3)cc3ccccc3c12. The Morgan fingerprint density at radius 2 is 1.02 bits per heavy atom. The molecule has 2 heterocycles. The van der Waals surface area contributed by atoms with E-state index < -0.39 is 0 Å². The summed E-state index contributed by atoms with van der Waals surface area (Å²) < 4.78 is 14.9. The predicted octanol–water partition coefficient (Wildman–Crippen LogP) is 21.9. The zero-order valence-corrected chi connectivity index (χ0v) is 46.5. The molecule has 10 aromatic carbocycles. The standard InChI is InChI=1S/C76H66N2O2/c1-6-19-46(2)40-48(4)45-77(66-30-17-28-60-71-56-26-15-13-24-54(56)43-62(75(71)79-73(60)66)50-20-9-7-10-21-50)64-38-34-52-33-37-59-65(39-35-53-32-36-58(64)69(52)70(53)59)78(68-42-47(3)41-49(68)5)67-31-18-29-61-72-57-27-16-14-25-55(57)44-63(76(72)80-74(61)67)51-22-11-8-12-23-51/h1,13-19,24-44,50-51,68H,7-12,20-23,45H2,2-5H3/b46-19-,48-40-. The Hall–Kier alpha value is -8.52. The van der Waals surface area contributed by atoms with Gasteiger partial charge in [0, 0.05) is 44.5 Å². The van der Waals surface area contributed by atoms with Gasteiger partial charge in [0.25, 0.3) is 0 Å². The number of terminal acetylenes is 1. The molecule has 12 aromatic rings. The molecule has 2 saturated carbocycles. The lowest BCUT2D eigenvalue weighted by Crippen LogP contribution is -2.29. The van der Waals surface area contributed by atoms with E-state index in [-0.39, 0.29) is 6.04 Å². The van der Waals surface area contributed by atoms with Gasteiger partial charge in [0.15, 0.2) is 11.2 Å². The third-order valence-electron chi connectivity index (χ3n) is 18.6. The first-order valence-electron chi connectivity index (χ1n) is 29.5. The lowest BCUT2D eigenvalue weighted by atomic mass is 9.82. The van der Waals surface area contributed by atoms with Gasteiger partial charge in [-0.1, -0.05) is 183 Å². The van der Waals surface area contributed by atoms with Crippen molar-refractivity contribution in [2.75, 3.05) is 16.3 Å². The molecule has 0 spiro atoms. The summed E-state index contributed by atoms with van der Waals surface area (Å²) >= 11 is 0. The average molecular weight is 1040 g/mol. The van der Waals surface area contributed by atoms with Crippen LogP contribution < -0.4 is 9.80 Å². The zero-order valence-electron chi connectivity index (χ0n) is 46.5. The van der Waals surface area contributed by atoms with Gasteiger partial charge in [-0.2, -0.15) is 0 Å². The Labute approximate surface area is 468 Å². The number of hydrogen-bond donors (Lipinski definition) is 0. The Morgan fingerprint density at radius 1 is 0.512 bits per heavy atom. The summed E-state index contributed by atoms with van der Waals surface area (Å²) in [7, 11) is 0. The van der Waals surface area contributed by atoms with Crippen LogP contribution in [0.2, 0.25) is 0 Å². The van der Waals surface area contributed by atoms with Crippen molar-refractivity contribution in [1.29, 1.82) is 0 Å². The van der Waals surface area contributed by atoms with E-state index >= 15 is 0 Å². The molecule has 1 atom stereocenters. The number of anilines is 4. The third-order valence-corrected chi connectivity index (χ3v) is 18.6. The van der Waals surface area contributed by atoms with E-state index in [0.29, 0.717) is 18.4 Å². The molecule has 0 radical (unpaired) electrons. The van der Waals surface area contributed by atoms with E-state index in [0.717, 1.165) is 56.0 Å². The average Bonchev–Trinajstić information content (AvgIpc) is 3.90. The van der Waals surface area contributed by atoms with Gasteiger partial charge in [-0.25, -0.2) is 0 Å². The van der Waals surface area contributed by atoms with Crippen molar-refractivity contribution in [2.24, 2.45) is 0 Å². The van der Waals surface area contributed by atoms with Crippen LogP contribution in [0.4, 0.5) is 22.7 Å². The molecule has 2 aromatic heterocycles. The monoisotopic (exact) mass is 1040 g/mol. The minimum absolute atomic E-state index is 0.0188. The lowest BCUT2D eigenvalue weighted by Gasteiger charge is -2.33. The quantitative estimate of drug-likeness (QED) is 0.0776. The molecular formula is C76H66N2O2. The summed E-state index contributed by atoms with van der Waals surface area (Å²) in [6, 6.07) is 55.1. The molecule has 0 amide bonds. The molecule has 1 unspecified atom stereocenters. The molecular weight excluding hydrogens is 973 g/mol. The molecule has 2 fully saturated rings. The second-order valence-corrected chi connectivity index (χ2v) is 23.8. The van der Waals surface area contributed by atoms with Crippen LogP contribution in [0.1, 0.15) is 115 Å². The van der Waals surface area contributed by atoms with Crippen LogP contribution in [0.25, 0.3) is 97.7 Å². The van der Waals surface area contributed by atoms with Crippen LogP contribution in [0.3, 0.4) is 0 Å². The highest BCUT2D eigenvalue weighted by Gasteiger charge is 2.32. The maximum absolute atomic E-state index is 7.47. The second-order valence-electron chi connectivity index (χ2n) is 23.8. The highest BCUT2D eigenvalue weighted by atomic mass is 16.3. The van der Waals surface area contributed by atoms with E-state index in [2.05, 4.69) is 207 Å². The van der Waals surface area contributed by atoms with Crippen LogP contribution in [-0.4, -0.2) is 12.6 Å². The van der Waals surface area contributed by atoms with Gasteiger partial charge in [-0.3, -0.25) is 0 Å². The molecule has 0 aliphatic heterocycles. The number of nitrogens with zero attached hydrogens (tertiary/aromatic N) is 2. The molecule has 4 nitrogen and oxygen atoms in total. The number of hydrogen-bond acceptors (Lipinski definition) is 4. The molecule has 3 aliphatic carbocycles. The number of allylic oxidation sites excluding steroid dienone is 5. The minimum atomic E-state index is -0.0188. The Kier molecular flexibility index (Phi) is 11.8. The fourth-order valence-corrected chi connectivity index (χ4v) is 15.1. The first-order valence-corrected chi connectivity index (χ1v) is 29.5. The molecule has 3 aliphatic rings. The zero-order chi connectivity index (χ0) is 53.8. The van der Waals surface area contributed by atoms with Gasteiger partial charge in [-0.05, 0) is 173 Å². The molecule has 0 bridgehead atoms. The van der Waals surface area contributed by atoms with Crippen molar-refractivity contribution in [1.82, 2.24) is 0 Å². The first kappa shape index (κ1) is 48.6. The number of fused-ring (bicyclic) bond motifs is 10. The van der Waals surface area contributed by atoms with E-state index in [9.17, 15) is 0 Å². The number of rotatable bonds is 10. The smallest absolute Gasteiger partial charge is 0.159 e. The molecule has 15 rings (SSSR count). The third kappa shape index (κ3) is 7.79. The summed E-state index contributed by atoms with van der Waals surface area (Å²) in [5.41, 5.74) is 15.9. The van der Waals surface area contributed by atoms with Gasteiger partial charge in [0.1, 0.15) is 11.2 Å². The van der Waals surface area contributed by atoms with Gasteiger partial charge in [-0.15, -0.1) is 6.42 Å². The highest BCUT2D eigenvalue weighted by Crippen LogP contribution is 2.52. The minimum Gasteiger partial charge on any atom is -0.454 e. The fraction of sp³-hybridized carbons (Fsp3) is 0.237. The summed E-state index contributed by atoms with van der Waals surface area (Å²) in [6.07, 6.45) is 27.2. The Bertz CT molecular complexity index is 4670. The molecule has 392 valence electrons. The largest absolute Gasteiger partial charge is 0.454 e. The summed E-state index contributed by atoms with van der Waals surface area (Å²) in [6.45, 7) is 9.47. The van der Waals surface area contributed by atoms with Crippen molar-refractivity contribution in [3.05, 3.63) is 203 Å². The lowest BCUT2D eigenvalue weighted by molar-refractivity contribution is 0.442. The van der Waals surface area contributed by atoms with Crippen LogP contribution in [-0.2, 0) is 0 Å². The van der Waals surface area contributed by atoms with Gasteiger partial charge < -0.3 is 18.6 Å². The van der Waals surface area contributed by atoms with E-state index in [1.807, 2.05) is 6.08 Å². The normalized spacial score (nSPS) is 17.1. The van der Waals surface area contributed by atoms with Crippen molar-refractivity contribution in [2.45, 2.75) is 110 Å². The number of benzene rings is 10. The molecule has 0 N–H and O–H groups in total. The van der Waals surface area contributed by atoms with E-state index in [4.69, 9.17) is 15.3 Å². The van der Waals surface area contributed by atoms with Crippen molar-refractivity contribution in [3.63, 3.8) is 0 Å². The predicted molar refractivity (Wildman–Crippen MR) is 341 cm³/mol. The van der Waals surface area contributed by atoms with Crippen molar-refractivity contribution < 1.29 is 8.83 Å². The Balaban J connectivity index is 0.957. The fourth-order valence-electron chi connectivity index (χ4n) is 15.1. The topological polar surface area (TPSA) is 32.8 Å². The van der Waals surface area contributed by atoms with Crippen LogP contribution >= 0.6 is 0 Å². The van der Waals surface area contributed by atoms with Crippen molar-refractivity contribution in [3.8, 4) is 12.3 Å². The second kappa shape index (κ2) is 19.4. The highest BCUT2D eigenvalue weighted by molar-refractivity contribution is 6.29. The van der Waals surface area contributed by atoms with Gasteiger partial charge >= 0.3 is 0 Å². The summed E-state index contributed by atoms with van der Waals surface area (Å²) in [5, 5.41) is 17.2.